The average molecular weight is 798 g/mol. The maximum absolute atomic E-state index is 11.2. The molecule has 0 aliphatic carbocycles. The number of aliphatic imine (C=N–C) groups is 1. The summed E-state index contributed by atoms with van der Waals surface area (Å²) in [6.45, 7) is 9.83. The number of rotatable bonds is 10. The van der Waals surface area contributed by atoms with E-state index < -0.39 is 11.9 Å². The van der Waals surface area contributed by atoms with E-state index in [1.807, 2.05) is 42.9 Å². The molecule has 5 N–H and O–H groups in total. The first kappa shape index (κ1) is 44.3. The Morgan fingerprint density at radius 2 is 1.44 bits per heavy atom. The van der Waals surface area contributed by atoms with E-state index in [4.69, 9.17) is 36.1 Å². The molecule has 1 atom stereocenters. The molecule has 3 aliphatic heterocycles. The van der Waals surface area contributed by atoms with Crippen LogP contribution in [0.15, 0.2) is 108 Å². The van der Waals surface area contributed by atoms with Crippen LogP contribution in [0.25, 0.3) is 5.57 Å². The van der Waals surface area contributed by atoms with Crippen molar-refractivity contribution in [2.45, 2.75) is 58.2 Å². The van der Waals surface area contributed by atoms with Gasteiger partial charge in [0.1, 0.15) is 12.4 Å². The molecule has 1 unspecified atom stereocenters. The van der Waals surface area contributed by atoms with Crippen LogP contribution in [0, 0.1) is 0 Å². The van der Waals surface area contributed by atoms with Gasteiger partial charge >= 0.3 is 11.9 Å². The number of carbonyl (C=O) groups excluding carboxylic acids is 1. The average Bonchev–Trinajstić information content (AvgIpc) is 3.74. The molecular formula is C44H52ClN5O7. The Labute approximate surface area is 339 Å². The van der Waals surface area contributed by atoms with Crippen molar-refractivity contribution in [3.63, 3.8) is 0 Å². The quantitative estimate of drug-likeness (QED) is 0.120. The van der Waals surface area contributed by atoms with E-state index in [1.54, 1.807) is 19.1 Å². The Morgan fingerprint density at radius 1 is 0.807 bits per heavy atom. The largest absolute Gasteiger partial charge is 0.489 e. The van der Waals surface area contributed by atoms with Crippen LogP contribution in [0.2, 0.25) is 5.02 Å². The van der Waals surface area contributed by atoms with Crippen LogP contribution in [0.1, 0.15) is 71.8 Å². The minimum absolute atomic E-state index is 0. The first-order valence-corrected chi connectivity index (χ1v) is 19.4. The van der Waals surface area contributed by atoms with E-state index >= 15 is 0 Å². The van der Waals surface area contributed by atoms with Crippen LogP contribution in [0.4, 0.5) is 0 Å². The molecule has 7 rings (SSSR count). The second-order valence-electron chi connectivity index (χ2n) is 14.0. The van der Waals surface area contributed by atoms with Gasteiger partial charge in [-0.3, -0.25) is 19.7 Å². The number of carboxylic acid groups (broad SMARTS) is 2. The molecule has 12 nitrogen and oxygen atoms in total. The van der Waals surface area contributed by atoms with Crippen LogP contribution in [-0.4, -0.2) is 99.8 Å². The van der Waals surface area contributed by atoms with Gasteiger partial charge in [-0.15, -0.1) is 0 Å². The smallest absolute Gasteiger partial charge is 0.414 e. The zero-order chi connectivity index (χ0) is 39.7. The first-order chi connectivity index (χ1) is 27.1. The monoisotopic (exact) mass is 797 g/mol. The number of aliphatic carboxylic acids is 2. The second-order valence-corrected chi connectivity index (χ2v) is 14.4. The summed E-state index contributed by atoms with van der Waals surface area (Å²) >= 11 is 6.11. The molecule has 4 aromatic rings. The highest BCUT2D eigenvalue weighted by atomic mass is 35.5. The number of carbonyl (C=O) groups is 3. The minimum atomic E-state index is -1.82. The molecular weight excluding hydrogens is 746 g/mol. The highest BCUT2D eigenvalue weighted by Crippen LogP contribution is 2.32. The molecule has 3 aromatic carbocycles. The van der Waals surface area contributed by atoms with E-state index in [1.165, 1.54) is 48.2 Å². The van der Waals surface area contributed by atoms with Gasteiger partial charge in [0.25, 0.3) is 0 Å². The summed E-state index contributed by atoms with van der Waals surface area (Å²) in [5, 5.41) is 18.9. The van der Waals surface area contributed by atoms with Crippen LogP contribution in [-0.2, 0) is 22.7 Å². The van der Waals surface area contributed by atoms with Crippen molar-refractivity contribution in [1.29, 1.82) is 0 Å². The standard InChI is InChI=1S/C22H25ClN4.C20H23NO2.C2H2O4.H2O/c23-19-6-4-17(5-7-19)22(21-3-1-2-11-25-21)18-9-13-27(14-10-18)15-20-8-12-24-16-26-20;1-16(22)19-8-10-20(11-9-19)23-15-18-6-4-17(5-7-18)14-21-12-2-3-13-21;3-1(4)2(5)6;/h1-7,11,16,20H,8-10,12-15H2,(H,24,26);4-11H,2-3,12-15H2,1H3;(H,3,4)(H,5,6);1H2. The fourth-order valence-corrected chi connectivity index (χ4v) is 6.93. The molecule has 4 heterocycles. The van der Waals surface area contributed by atoms with Crippen molar-refractivity contribution < 1.29 is 34.8 Å². The highest BCUT2D eigenvalue weighted by molar-refractivity contribution is 6.30. The number of benzene rings is 3. The van der Waals surface area contributed by atoms with E-state index in [9.17, 15) is 4.79 Å². The van der Waals surface area contributed by atoms with Crippen molar-refractivity contribution in [3.8, 4) is 5.75 Å². The third kappa shape index (κ3) is 14.6. The number of hydrogen-bond donors (Lipinski definition) is 3. The third-order valence-corrected chi connectivity index (χ3v) is 10.1. The molecule has 0 saturated carbocycles. The number of Topliss-reactive ketones (excluding diaryl/α,β-unsaturated/α-hetero) is 1. The van der Waals surface area contributed by atoms with Crippen molar-refractivity contribution >= 4 is 41.2 Å². The summed E-state index contributed by atoms with van der Waals surface area (Å²) in [7, 11) is 0. The molecule has 13 heteroatoms. The summed E-state index contributed by atoms with van der Waals surface area (Å²) < 4.78 is 5.78. The Kier molecular flexibility index (Phi) is 17.9. The van der Waals surface area contributed by atoms with Gasteiger partial charge in [0.2, 0.25) is 0 Å². The number of ether oxygens (including phenoxy) is 1. The molecule has 2 saturated heterocycles. The number of likely N-dealkylation sites (tertiary alicyclic amines) is 2. The van der Waals surface area contributed by atoms with Gasteiger partial charge in [-0.2, -0.15) is 0 Å². The van der Waals surface area contributed by atoms with Gasteiger partial charge in [-0.05, 0) is 117 Å². The van der Waals surface area contributed by atoms with Crippen molar-refractivity contribution in [2.75, 3.05) is 39.3 Å². The highest BCUT2D eigenvalue weighted by Gasteiger charge is 2.22. The van der Waals surface area contributed by atoms with E-state index in [0.29, 0.717) is 18.2 Å². The molecule has 0 amide bonds. The third-order valence-electron chi connectivity index (χ3n) is 9.83. The summed E-state index contributed by atoms with van der Waals surface area (Å²) in [6.07, 6.45) is 9.67. The number of halogens is 1. The second kappa shape index (κ2) is 23.0. The summed E-state index contributed by atoms with van der Waals surface area (Å²) in [5.41, 5.74) is 8.25. The summed E-state index contributed by atoms with van der Waals surface area (Å²) in [5.74, 6) is -2.79. The Morgan fingerprint density at radius 3 is 2.00 bits per heavy atom. The fraction of sp³-hybridized carbons (Fsp3) is 0.341. The summed E-state index contributed by atoms with van der Waals surface area (Å²) in [6, 6.07) is 30.8. The van der Waals surface area contributed by atoms with Crippen molar-refractivity contribution in [2.24, 2.45) is 4.99 Å². The van der Waals surface area contributed by atoms with Gasteiger partial charge in [0, 0.05) is 61.1 Å². The van der Waals surface area contributed by atoms with Gasteiger partial charge in [0.15, 0.2) is 5.78 Å². The topological polar surface area (TPSA) is 176 Å². The number of ketones is 1. The van der Waals surface area contributed by atoms with Crippen LogP contribution < -0.4 is 10.1 Å². The maximum Gasteiger partial charge on any atom is 0.414 e. The minimum Gasteiger partial charge on any atom is -0.489 e. The number of hydrogen-bond acceptors (Lipinski definition) is 9. The van der Waals surface area contributed by atoms with E-state index in [0.717, 1.165) is 74.0 Å². The molecule has 0 radical (unpaired) electrons. The number of nitrogens with one attached hydrogen (secondary N) is 1. The maximum atomic E-state index is 11.2. The SMILES string of the molecule is CC(=O)c1ccc(OCc2ccc(CN3CCCC3)cc2)cc1.Clc1ccc(C(=C2CCN(CC3CCN=CN3)CC2)c2ccccn2)cc1.O.O=C(O)C(=O)O. The predicted molar refractivity (Wildman–Crippen MR) is 223 cm³/mol. The van der Waals surface area contributed by atoms with Gasteiger partial charge in [-0.25, -0.2) is 9.59 Å². The zero-order valence-corrected chi connectivity index (χ0v) is 33.0. The van der Waals surface area contributed by atoms with Gasteiger partial charge < -0.3 is 30.6 Å². The van der Waals surface area contributed by atoms with Crippen molar-refractivity contribution in [1.82, 2.24) is 20.1 Å². The van der Waals surface area contributed by atoms with Gasteiger partial charge in [-0.1, -0.05) is 59.6 Å². The van der Waals surface area contributed by atoms with Crippen LogP contribution >= 0.6 is 11.6 Å². The van der Waals surface area contributed by atoms with Crippen LogP contribution in [0.3, 0.4) is 0 Å². The zero-order valence-electron chi connectivity index (χ0n) is 32.3. The summed E-state index contributed by atoms with van der Waals surface area (Å²) in [4.78, 5) is 43.4. The predicted octanol–water partition coefficient (Wildman–Crippen LogP) is 6.42. The number of nitrogens with zero attached hydrogens (tertiary/aromatic N) is 4. The molecule has 1 aromatic heterocycles. The molecule has 302 valence electrons. The molecule has 0 bridgehead atoms. The van der Waals surface area contributed by atoms with E-state index in [-0.39, 0.29) is 11.3 Å². The van der Waals surface area contributed by atoms with Crippen LogP contribution in [0.5, 0.6) is 5.75 Å². The molecule has 57 heavy (non-hydrogen) atoms. The lowest BCUT2D eigenvalue weighted by atomic mass is 9.90. The number of pyridine rings is 1. The lowest BCUT2D eigenvalue weighted by Crippen LogP contribution is -2.44. The number of carboxylic acids is 2. The normalized spacial score (nSPS) is 16.4. The fourth-order valence-electron chi connectivity index (χ4n) is 6.80. The first-order valence-electron chi connectivity index (χ1n) is 19.0. The Balaban J connectivity index is 0.000000220. The molecule has 0 spiro atoms. The van der Waals surface area contributed by atoms with Gasteiger partial charge in [0.05, 0.1) is 12.0 Å². The molecule has 3 aliphatic rings. The number of piperidine rings is 1. The lowest BCUT2D eigenvalue weighted by molar-refractivity contribution is -0.159. The van der Waals surface area contributed by atoms with Crippen molar-refractivity contribution in [3.05, 3.63) is 136 Å². The number of aromatic nitrogens is 1. The van der Waals surface area contributed by atoms with E-state index in [2.05, 4.69) is 73.6 Å². The Bertz CT molecular complexity index is 1910. The Hall–Kier alpha value is -5.40. The molecule has 2 fully saturated rings. The lowest BCUT2D eigenvalue weighted by Gasteiger charge is -2.33.